The number of ketones is 1. The Morgan fingerprint density at radius 2 is 2.04 bits per heavy atom. The zero-order chi connectivity index (χ0) is 17.5. The summed E-state index contributed by atoms with van der Waals surface area (Å²) in [5.41, 5.74) is 0.653. The van der Waals surface area contributed by atoms with Gasteiger partial charge in [0.1, 0.15) is 17.1 Å². The zero-order valence-electron chi connectivity index (χ0n) is 14.0. The number of rotatable bonds is 1. The third-order valence-corrected chi connectivity index (χ3v) is 3.74. The summed E-state index contributed by atoms with van der Waals surface area (Å²) in [6.07, 6.45) is 8.80. The second-order valence-corrected chi connectivity index (χ2v) is 5.81. The highest BCUT2D eigenvalue weighted by atomic mass is 16.5. The number of aromatic hydroxyl groups is 1. The van der Waals surface area contributed by atoms with E-state index in [2.05, 4.69) is 0 Å². The smallest absolute Gasteiger partial charge is 0.342 e. The van der Waals surface area contributed by atoms with Gasteiger partial charge in [0.25, 0.3) is 0 Å². The lowest BCUT2D eigenvalue weighted by atomic mass is 10.0. The van der Waals surface area contributed by atoms with Gasteiger partial charge in [-0.2, -0.15) is 0 Å². The van der Waals surface area contributed by atoms with Crippen molar-refractivity contribution in [3.63, 3.8) is 0 Å². The second-order valence-electron chi connectivity index (χ2n) is 5.81. The molecule has 0 aliphatic carbocycles. The van der Waals surface area contributed by atoms with Gasteiger partial charge in [0.05, 0.1) is 13.7 Å². The number of esters is 1. The molecule has 1 aliphatic rings. The monoisotopic (exact) mass is 330 g/mol. The number of hydrogen-bond acceptors (Lipinski definition) is 5. The molecule has 5 heteroatoms. The lowest BCUT2D eigenvalue weighted by Crippen LogP contribution is -2.13. The van der Waals surface area contributed by atoms with E-state index in [1.807, 2.05) is 13.0 Å². The Bertz CT molecular complexity index is 673. The van der Waals surface area contributed by atoms with Gasteiger partial charge in [0.15, 0.2) is 5.78 Å². The molecule has 5 nitrogen and oxygen atoms in total. The minimum absolute atomic E-state index is 0.0679. The molecule has 1 atom stereocenters. The topological polar surface area (TPSA) is 72.8 Å². The van der Waals surface area contributed by atoms with Crippen LogP contribution in [0.2, 0.25) is 0 Å². The number of fused-ring (bicyclic) bond motifs is 1. The molecule has 0 spiro atoms. The summed E-state index contributed by atoms with van der Waals surface area (Å²) < 4.78 is 10.4. The van der Waals surface area contributed by atoms with Gasteiger partial charge in [0.2, 0.25) is 0 Å². The van der Waals surface area contributed by atoms with E-state index >= 15 is 0 Å². The van der Waals surface area contributed by atoms with Gasteiger partial charge in [0, 0.05) is 18.4 Å². The molecule has 0 unspecified atom stereocenters. The van der Waals surface area contributed by atoms with E-state index in [0.717, 1.165) is 6.42 Å². The first-order valence-corrected chi connectivity index (χ1v) is 7.97. The number of ether oxygens (including phenoxy) is 2. The third kappa shape index (κ3) is 4.72. The van der Waals surface area contributed by atoms with Crippen LogP contribution in [0.4, 0.5) is 0 Å². The molecule has 0 bridgehead atoms. The van der Waals surface area contributed by atoms with E-state index in [1.165, 1.54) is 13.2 Å². The van der Waals surface area contributed by atoms with Crippen molar-refractivity contribution < 1.29 is 24.2 Å². The fourth-order valence-corrected chi connectivity index (χ4v) is 2.39. The van der Waals surface area contributed by atoms with Crippen LogP contribution in [-0.4, -0.2) is 30.6 Å². The molecule has 128 valence electrons. The van der Waals surface area contributed by atoms with Crippen molar-refractivity contribution >= 4 is 17.8 Å². The fraction of sp³-hybridized carbons (Fsp3) is 0.368. The molecule has 1 N–H and O–H groups in total. The van der Waals surface area contributed by atoms with Crippen LogP contribution < -0.4 is 4.74 Å². The summed E-state index contributed by atoms with van der Waals surface area (Å²) in [6.45, 7) is 1.99. The maximum absolute atomic E-state index is 12.4. The van der Waals surface area contributed by atoms with Gasteiger partial charge >= 0.3 is 5.97 Å². The van der Waals surface area contributed by atoms with E-state index in [0.29, 0.717) is 24.2 Å². The summed E-state index contributed by atoms with van der Waals surface area (Å²) in [5, 5.41) is 10.2. The van der Waals surface area contributed by atoms with Crippen LogP contribution in [0.3, 0.4) is 0 Å². The fourth-order valence-electron chi connectivity index (χ4n) is 2.39. The average Bonchev–Trinajstić information content (AvgIpc) is 2.56. The van der Waals surface area contributed by atoms with Crippen molar-refractivity contribution in [1.82, 2.24) is 0 Å². The maximum atomic E-state index is 12.4. The van der Waals surface area contributed by atoms with Gasteiger partial charge < -0.3 is 14.6 Å². The molecule has 1 aromatic rings. The first-order valence-electron chi connectivity index (χ1n) is 7.97. The van der Waals surface area contributed by atoms with Crippen LogP contribution in [0, 0.1) is 5.92 Å². The average molecular weight is 330 g/mol. The summed E-state index contributed by atoms with van der Waals surface area (Å²) in [6, 6.07) is 3.06. The van der Waals surface area contributed by atoms with E-state index in [4.69, 9.17) is 9.47 Å². The van der Waals surface area contributed by atoms with E-state index in [-0.39, 0.29) is 29.6 Å². The van der Waals surface area contributed by atoms with Crippen molar-refractivity contribution in [1.29, 1.82) is 0 Å². The van der Waals surface area contributed by atoms with Crippen LogP contribution in [0.25, 0.3) is 6.08 Å². The largest absolute Gasteiger partial charge is 0.507 e. The highest BCUT2D eigenvalue weighted by molar-refractivity contribution is 5.97. The number of carbonyl (C=O) groups is 2. The number of phenolic OH excluding ortho intramolecular Hbond substituents is 1. The number of methoxy groups -OCH3 is 1. The predicted molar refractivity (Wildman–Crippen MR) is 91.1 cm³/mol. The van der Waals surface area contributed by atoms with E-state index < -0.39 is 5.97 Å². The quantitative estimate of drug-likeness (QED) is 0.798. The molecule has 0 amide bonds. The van der Waals surface area contributed by atoms with Crippen molar-refractivity contribution in [3.05, 3.63) is 41.5 Å². The number of benzene rings is 1. The van der Waals surface area contributed by atoms with Gasteiger partial charge in [-0.1, -0.05) is 25.2 Å². The highest BCUT2D eigenvalue weighted by Gasteiger charge is 2.19. The number of phenols is 1. The van der Waals surface area contributed by atoms with E-state index in [9.17, 15) is 14.7 Å². The minimum atomic E-state index is -0.599. The number of carbonyl (C=O) groups excluding carboxylic acids is 2. The molecule has 0 saturated heterocycles. The minimum Gasteiger partial charge on any atom is -0.507 e. The Balaban J connectivity index is 2.36. The summed E-state index contributed by atoms with van der Waals surface area (Å²) >= 11 is 0. The Hall–Kier alpha value is -2.56. The maximum Gasteiger partial charge on any atom is 0.342 e. The molecule has 0 fully saturated rings. The van der Waals surface area contributed by atoms with Crippen LogP contribution in [0.15, 0.2) is 30.4 Å². The molecule has 1 aliphatic heterocycles. The molecular formula is C19H22O5. The lowest BCUT2D eigenvalue weighted by Gasteiger charge is -2.13. The van der Waals surface area contributed by atoms with Gasteiger partial charge in [-0.15, -0.1) is 0 Å². The number of allylic oxidation sites excluding steroid dienone is 2. The van der Waals surface area contributed by atoms with Crippen LogP contribution in [0.5, 0.6) is 11.5 Å². The summed E-state index contributed by atoms with van der Waals surface area (Å²) in [7, 11) is 1.49. The highest BCUT2D eigenvalue weighted by Crippen LogP contribution is 2.30. The SMILES string of the molecule is COc1cc(O)c2c(c1)/C=C/CCCC(=O)/C=C\[C@@H](C)COC2=O. The van der Waals surface area contributed by atoms with Crippen molar-refractivity contribution in [2.24, 2.45) is 5.92 Å². The van der Waals surface area contributed by atoms with Crippen molar-refractivity contribution in [3.8, 4) is 11.5 Å². The van der Waals surface area contributed by atoms with Gasteiger partial charge in [-0.05, 0) is 30.5 Å². The zero-order valence-corrected chi connectivity index (χ0v) is 14.0. The Labute approximate surface area is 141 Å². The third-order valence-electron chi connectivity index (χ3n) is 3.74. The molecule has 2 rings (SSSR count). The lowest BCUT2D eigenvalue weighted by molar-refractivity contribution is -0.114. The predicted octanol–water partition coefficient (Wildman–Crippen LogP) is 3.52. The Morgan fingerprint density at radius 3 is 2.79 bits per heavy atom. The molecule has 1 heterocycles. The molecule has 0 radical (unpaired) electrons. The first kappa shape index (κ1) is 17.8. The van der Waals surface area contributed by atoms with Crippen molar-refractivity contribution in [2.45, 2.75) is 26.2 Å². The number of cyclic esters (lactones) is 1. The molecule has 1 aromatic carbocycles. The summed E-state index contributed by atoms with van der Waals surface area (Å²) in [5.74, 6) is -0.335. The molecular weight excluding hydrogens is 308 g/mol. The second kappa shape index (κ2) is 8.34. The Morgan fingerprint density at radius 1 is 1.25 bits per heavy atom. The molecule has 0 saturated carbocycles. The van der Waals surface area contributed by atoms with Crippen LogP contribution >= 0.6 is 0 Å². The van der Waals surface area contributed by atoms with Crippen LogP contribution in [0.1, 0.15) is 42.1 Å². The van der Waals surface area contributed by atoms with Crippen LogP contribution in [-0.2, 0) is 9.53 Å². The molecule has 24 heavy (non-hydrogen) atoms. The number of hydrogen-bond donors (Lipinski definition) is 1. The van der Waals surface area contributed by atoms with Gasteiger partial charge in [-0.25, -0.2) is 4.79 Å². The van der Waals surface area contributed by atoms with E-state index in [1.54, 1.807) is 24.3 Å². The normalized spacial score (nSPS) is 22.0. The summed E-state index contributed by atoms with van der Waals surface area (Å²) in [4.78, 5) is 24.1. The van der Waals surface area contributed by atoms with Gasteiger partial charge in [-0.3, -0.25) is 4.79 Å². The molecule has 0 aromatic heterocycles. The standard InChI is InChI=1S/C19H22O5/c1-13-8-9-15(20)7-5-3-4-6-14-10-16(23-2)11-17(21)18(14)19(22)24-12-13/h4,6,8-11,13,21H,3,5,7,12H2,1-2H3/b6-4+,9-8-/t13-/m1/s1. The Kier molecular flexibility index (Phi) is 6.18. The van der Waals surface area contributed by atoms with Crippen molar-refractivity contribution in [2.75, 3.05) is 13.7 Å². The first-order chi connectivity index (χ1) is 11.5.